The number of hydrogen-bond acceptors (Lipinski definition) is 2. The number of nitrogens with zero attached hydrogens (tertiary/aromatic N) is 2. The van der Waals surface area contributed by atoms with Gasteiger partial charge in [-0.15, -0.1) is 0 Å². The van der Waals surface area contributed by atoms with Crippen molar-refractivity contribution < 1.29 is 4.79 Å². The first-order valence-corrected chi connectivity index (χ1v) is 6.86. The molecule has 0 spiro atoms. The molecule has 3 heteroatoms. The molecule has 0 saturated carbocycles. The van der Waals surface area contributed by atoms with E-state index in [1.54, 1.807) is 0 Å². The predicted molar refractivity (Wildman–Crippen MR) is 65.3 cm³/mol. The van der Waals surface area contributed by atoms with E-state index in [1.165, 1.54) is 45.2 Å². The molecule has 0 atom stereocenters. The van der Waals surface area contributed by atoms with E-state index in [9.17, 15) is 4.79 Å². The molecule has 16 heavy (non-hydrogen) atoms. The summed E-state index contributed by atoms with van der Waals surface area (Å²) in [5.41, 5.74) is 0. The zero-order valence-corrected chi connectivity index (χ0v) is 10.3. The normalized spacial score (nSPS) is 22.6. The van der Waals surface area contributed by atoms with Crippen LogP contribution in [0.1, 0.15) is 44.9 Å². The van der Waals surface area contributed by atoms with Crippen LogP contribution in [0.3, 0.4) is 0 Å². The number of amides is 1. The van der Waals surface area contributed by atoms with Crippen molar-refractivity contribution in [1.82, 2.24) is 9.80 Å². The second-order valence-corrected chi connectivity index (χ2v) is 5.09. The molecule has 2 aliphatic rings. The Bertz CT molecular complexity index is 218. The van der Waals surface area contributed by atoms with Crippen molar-refractivity contribution in [1.29, 1.82) is 0 Å². The van der Waals surface area contributed by atoms with Crippen molar-refractivity contribution in [2.24, 2.45) is 0 Å². The van der Waals surface area contributed by atoms with Crippen molar-refractivity contribution in [2.45, 2.75) is 44.9 Å². The van der Waals surface area contributed by atoms with Gasteiger partial charge in [0.15, 0.2) is 0 Å². The highest BCUT2D eigenvalue weighted by Crippen LogP contribution is 2.12. The van der Waals surface area contributed by atoms with E-state index in [1.807, 2.05) is 0 Å². The summed E-state index contributed by atoms with van der Waals surface area (Å²) in [5, 5.41) is 0. The van der Waals surface area contributed by atoms with Crippen LogP contribution < -0.4 is 0 Å². The number of hydrogen-bond donors (Lipinski definition) is 0. The van der Waals surface area contributed by atoms with Crippen molar-refractivity contribution in [3.05, 3.63) is 0 Å². The van der Waals surface area contributed by atoms with Crippen LogP contribution in [0.25, 0.3) is 0 Å². The maximum Gasteiger partial charge on any atom is 0.222 e. The second kappa shape index (κ2) is 6.24. The monoisotopic (exact) mass is 224 g/mol. The summed E-state index contributed by atoms with van der Waals surface area (Å²) in [6, 6.07) is 0. The molecule has 0 unspecified atom stereocenters. The molecule has 0 aliphatic carbocycles. The van der Waals surface area contributed by atoms with E-state index in [0.29, 0.717) is 5.91 Å². The Labute approximate surface area is 98.8 Å². The van der Waals surface area contributed by atoms with Crippen LogP contribution in [0.2, 0.25) is 0 Å². The topological polar surface area (TPSA) is 23.6 Å². The van der Waals surface area contributed by atoms with Gasteiger partial charge >= 0.3 is 0 Å². The third kappa shape index (κ3) is 3.48. The fourth-order valence-electron chi connectivity index (χ4n) is 2.76. The van der Waals surface area contributed by atoms with Crippen molar-refractivity contribution in [2.75, 3.05) is 32.7 Å². The van der Waals surface area contributed by atoms with Crippen LogP contribution in [-0.4, -0.2) is 48.4 Å². The molecule has 1 amide bonds. The molecule has 0 bridgehead atoms. The minimum Gasteiger partial charge on any atom is -0.343 e. The van der Waals surface area contributed by atoms with E-state index in [2.05, 4.69) is 9.80 Å². The molecule has 0 aromatic rings. The Morgan fingerprint density at radius 3 is 2.19 bits per heavy atom. The van der Waals surface area contributed by atoms with Gasteiger partial charge in [-0.1, -0.05) is 0 Å². The maximum absolute atomic E-state index is 11.9. The van der Waals surface area contributed by atoms with Gasteiger partial charge in [-0.05, 0) is 58.2 Å². The summed E-state index contributed by atoms with van der Waals surface area (Å²) in [4.78, 5) is 16.4. The smallest absolute Gasteiger partial charge is 0.222 e. The highest BCUT2D eigenvalue weighted by Gasteiger charge is 2.17. The van der Waals surface area contributed by atoms with Gasteiger partial charge in [0.25, 0.3) is 0 Å². The van der Waals surface area contributed by atoms with Gasteiger partial charge in [-0.25, -0.2) is 0 Å². The molecule has 2 aliphatic heterocycles. The molecule has 0 aromatic heterocycles. The Kier molecular flexibility index (Phi) is 4.64. The van der Waals surface area contributed by atoms with Crippen LogP contribution in [-0.2, 0) is 4.79 Å². The average molecular weight is 224 g/mol. The standard InChI is InChI=1S/C13H24N2O/c16-13(15-11-2-1-3-12-15)7-6-10-14-8-4-5-9-14/h1-12H2. The molecule has 2 saturated heterocycles. The summed E-state index contributed by atoms with van der Waals surface area (Å²) in [6.07, 6.45) is 8.22. The highest BCUT2D eigenvalue weighted by atomic mass is 16.2. The van der Waals surface area contributed by atoms with E-state index in [0.717, 1.165) is 32.5 Å². The molecule has 0 radical (unpaired) electrons. The van der Waals surface area contributed by atoms with Crippen LogP contribution in [0, 0.1) is 0 Å². The molecule has 3 nitrogen and oxygen atoms in total. The Hall–Kier alpha value is -0.570. The van der Waals surface area contributed by atoms with Gasteiger partial charge in [0.05, 0.1) is 0 Å². The van der Waals surface area contributed by atoms with Gasteiger partial charge < -0.3 is 9.80 Å². The van der Waals surface area contributed by atoms with Crippen molar-refractivity contribution >= 4 is 5.91 Å². The van der Waals surface area contributed by atoms with Crippen molar-refractivity contribution in [3.8, 4) is 0 Å². The van der Waals surface area contributed by atoms with Crippen LogP contribution in [0.4, 0.5) is 0 Å². The summed E-state index contributed by atoms with van der Waals surface area (Å²) in [7, 11) is 0. The molecular weight excluding hydrogens is 200 g/mol. The first kappa shape index (κ1) is 11.9. The first-order chi connectivity index (χ1) is 7.86. The molecular formula is C13H24N2O. The maximum atomic E-state index is 11.9. The molecule has 92 valence electrons. The van der Waals surface area contributed by atoms with Gasteiger partial charge in [0.2, 0.25) is 5.91 Å². The van der Waals surface area contributed by atoms with E-state index in [4.69, 9.17) is 0 Å². The quantitative estimate of drug-likeness (QED) is 0.728. The largest absolute Gasteiger partial charge is 0.343 e. The lowest BCUT2D eigenvalue weighted by molar-refractivity contribution is -0.132. The highest BCUT2D eigenvalue weighted by molar-refractivity contribution is 5.76. The summed E-state index contributed by atoms with van der Waals surface area (Å²) in [5.74, 6) is 0.388. The summed E-state index contributed by atoms with van der Waals surface area (Å²) >= 11 is 0. The minimum absolute atomic E-state index is 0.388. The number of piperidine rings is 1. The number of carbonyl (C=O) groups excluding carboxylic acids is 1. The number of likely N-dealkylation sites (tertiary alicyclic amines) is 2. The molecule has 2 rings (SSSR count). The fraction of sp³-hybridized carbons (Fsp3) is 0.923. The van der Waals surface area contributed by atoms with Crippen molar-refractivity contribution in [3.63, 3.8) is 0 Å². The lowest BCUT2D eigenvalue weighted by Gasteiger charge is -2.27. The number of rotatable bonds is 4. The molecule has 2 heterocycles. The van der Waals surface area contributed by atoms with E-state index >= 15 is 0 Å². The summed E-state index contributed by atoms with van der Waals surface area (Å²) < 4.78 is 0. The zero-order chi connectivity index (χ0) is 11.2. The minimum atomic E-state index is 0.388. The average Bonchev–Trinajstić information content (AvgIpc) is 2.83. The van der Waals surface area contributed by atoms with E-state index < -0.39 is 0 Å². The lowest BCUT2D eigenvalue weighted by atomic mass is 10.1. The molecule has 0 N–H and O–H groups in total. The Morgan fingerprint density at radius 1 is 0.875 bits per heavy atom. The van der Waals surface area contributed by atoms with Crippen LogP contribution in [0.5, 0.6) is 0 Å². The SMILES string of the molecule is O=C(CCCN1CCCC1)N1CCCCC1. The van der Waals surface area contributed by atoms with Gasteiger partial charge in [-0.3, -0.25) is 4.79 Å². The third-order valence-corrected chi connectivity index (χ3v) is 3.77. The zero-order valence-electron chi connectivity index (χ0n) is 10.3. The van der Waals surface area contributed by atoms with Crippen LogP contribution >= 0.6 is 0 Å². The Balaban J connectivity index is 1.59. The second-order valence-electron chi connectivity index (χ2n) is 5.09. The summed E-state index contributed by atoms with van der Waals surface area (Å²) in [6.45, 7) is 5.63. The predicted octanol–water partition coefficient (Wildman–Crippen LogP) is 1.87. The first-order valence-electron chi connectivity index (χ1n) is 6.86. The fourth-order valence-corrected chi connectivity index (χ4v) is 2.76. The lowest BCUT2D eigenvalue weighted by Crippen LogP contribution is -2.35. The van der Waals surface area contributed by atoms with Crippen LogP contribution in [0.15, 0.2) is 0 Å². The molecule has 0 aromatic carbocycles. The van der Waals surface area contributed by atoms with Gasteiger partial charge in [0, 0.05) is 19.5 Å². The van der Waals surface area contributed by atoms with Gasteiger partial charge in [0.1, 0.15) is 0 Å². The molecule has 2 fully saturated rings. The van der Waals surface area contributed by atoms with Gasteiger partial charge in [-0.2, -0.15) is 0 Å². The van der Waals surface area contributed by atoms with E-state index in [-0.39, 0.29) is 0 Å². The Morgan fingerprint density at radius 2 is 1.50 bits per heavy atom. The third-order valence-electron chi connectivity index (χ3n) is 3.77. The number of carbonyl (C=O) groups is 1.